The predicted octanol–water partition coefficient (Wildman–Crippen LogP) is 5.91. The number of benzene rings is 2. The highest BCUT2D eigenvalue weighted by Crippen LogP contribution is 2.29. The summed E-state index contributed by atoms with van der Waals surface area (Å²) in [5.41, 5.74) is 8.10. The average Bonchev–Trinajstić information content (AvgIpc) is 3.07. The van der Waals surface area contributed by atoms with Crippen molar-refractivity contribution in [1.82, 2.24) is 0 Å². The third-order valence-corrected chi connectivity index (χ3v) is 4.77. The van der Waals surface area contributed by atoms with Crippen LogP contribution in [0, 0.1) is 0 Å². The maximum atomic E-state index is 12.6. The molecule has 0 bridgehead atoms. The number of nitrogens with two attached hydrogens (primary N) is 1. The molecule has 5 heteroatoms. The quantitative estimate of drug-likeness (QED) is 0.497. The Morgan fingerprint density at radius 3 is 2.30 bits per heavy atom. The van der Waals surface area contributed by atoms with Crippen LogP contribution in [0.25, 0.3) is 11.0 Å². The molecule has 2 nitrogen and oxygen atoms in total. The van der Waals surface area contributed by atoms with Crippen molar-refractivity contribution in [1.29, 1.82) is 0 Å². The monoisotopic (exact) mass is 375 g/mol. The molecule has 0 saturated heterocycles. The van der Waals surface area contributed by atoms with Crippen molar-refractivity contribution in [2.24, 2.45) is 5.73 Å². The molecule has 0 unspecified atom stereocenters. The normalized spacial score (nSPS) is 12.0. The van der Waals surface area contributed by atoms with Crippen LogP contribution in [0.2, 0.25) is 0 Å². The van der Waals surface area contributed by atoms with Crippen LogP contribution >= 0.6 is 0 Å². The molecule has 144 valence electrons. The highest BCUT2D eigenvalue weighted by molar-refractivity contribution is 5.81. The Bertz CT molecular complexity index is 865. The van der Waals surface area contributed by atoms with Crippen molar-refractivity contribution < 1.29 is 17.6 Å². The average molecular weight is 375 g/mol. The van der Waals surface area contributed by atoms with E-state index in [1.165, 1.54) is 5.56 Å². The van der Waals surface area contributed by atoms with E-state index in [4.69, 9.17) is 10.2 Å². The molecule has 3 aromatic rings. The molecular formula is C22H24F3NO. The number of rotatable bonds is 8. The first-order chi connectivity index (χ1) is 13.0. The highest BCUT2D eigenvalue weighted by Gasteiger charge is 2.29. The molecule has 0 amide bonds. The zero-order valence-electron chi connectivity index (χ0n) is 15.2. The van der Waals surface area contributed by atoms with E-state index in [-0.39, 0.29) is 0 Å². The Kier molecular flexibility index (Phi) is 6.22. The van der Waals surface area contributed by atoms with E-state index >= 15 is 0 Å². The number of aryl methyl sites for hydroxylation is 3. The van der Waals surface area contributed by atoms with E-state index in [1.54, 1.807) is 12.1 Å². The third-order valence-electron chi connectivity index (χ3n) is 4.77. The highest BCUT2D eigenvalue weighted by atomic mass is 19.4. The van der Waals surface area contributed by atoms with Crippen molar-refractivity contribution in [3.63, 3.8) is 0 Å². The van der Waals surface area contributed by atoms with Gasteiger partial charge in [-0.15, -0.1) is 0 Å². The first-order valence-electron chi connectivity index (χ1n) is 9.34. The molecule has 0 radical (unpaired) electrons. The topological polar surface area (TPSA) is 39.2 Å². The summed E-state index contributed by atoms with van der Waals surface area (Å²) < 4.78 is 43.7. The van der Waals surface area contributed by atoms with Crippen LogP contribution in [0.15, 0.2) is 52.9 Å². The predicted molar refractivity (Wildman–Crippen MR) is 102 cm³/mol. The largest absolute Gasteiger partial charge is 0.461 e. The smallest absolute Gasteiger partial charge is 0.416 e. The van der Waals surface area contributed by atoms with E-state index in [0.717, 1.165) is 73.0 Å². The molecule has 2 N–H and O–H groups in total. The molecule has 2 aromatic carbocycles. The van der Waals surface area contributed by atoms with Crippen molar-refractivity contribution in [2.75, 3.05) is 6.54 Å². The van der Waals surface area contributed by atoms with Crippen molar-refractivity contribution >= 4 is 11.0 Å². The summed E-state index contributed by atoms with van der Waals surface area (Å²) in [5, 5.41) is 1.16. The second kappa shape index (κ2) is 8.61. The van der Waals surface area contributed by atoms with Crippen LogP contribution in [0.3, 0.4) is 0 Å². The van der Waals surface area contributed by atoms with Crippen LogP contribution in [0.5, 0.6) is 0 Å². The van der Waals surface area contributed by atoms with Gasteiger partial charge in [0.1, 0.15) is 11.3 Å². The number of furan rings is 1. The van der Waals surface area contributed by atoms with E-state index in [2.05, 4.69) is 12.1 Å². The van der Waals surface area contributed by atoms with Gasteiger partial charge in [0.15, 0.2) is 0 Å². The maximum Gasteiger partial charge on any atom is 0.416 e. The standard InChI is InChI=1S/C22H24F3NO/c23-22(24,25)18-12-10-16(11-13-18)5-1-2-8-19-15-20-17(7-4-14-26)6-3-9-21(20)27-19/h3,6,9-13,15H,1-2,4-5,7-8,14,26H2. The minimum Gasteiger partial charge on any atom is -0.461 e. The van der Waals surface area contributed by atoms with Gasteiger partial charge in [-0.2, -0.15) is 13.2 Å². The van der Waals surface area contributed by atoms with Crippen molar-refractivity contribution in [2.45, 2.75) is 44.7 Å². The molecule has 1 heterocycles. The van der Waals surface area contributed by atoms with Gasteiger partial charge in [-0.25, -0.2) is 0 Å². The Labute approximate surface area is 157 Å². The summed E-state index contributed by atoms with van der Waals surface area (Å²) in [7, 11) is 0. The fourth-order valence-electron chi connectivity index (χ4n) is 3.30. The second-order valence-electron chi connectivity index (χ2n) is 6.84. The third kappa shape index (κ3) is 5.13. The van der Waals surface area contributed by atoms with Gasteiger partial charge in [0, 0.05) is 11.8 Å². The van der Waals surface area contributed by atoms with Crippen molar-refractivity contribution in [3.8, 4) is 0 Å². The fourth-order valence-corrected chi connectivity index (χ4v) is 3.30. The summed E-state index contributed by atoms with van der Waals surface area (Å²) in [6.07, 6.45) is 1.05. The van der Waals surface area contributed by atoms with Gasteiger partial charge in [-0.05, 0) is 74.0 Å². The van der Waals surface area contributed by atoms with Crippen LogP contribution in [0.1, 0.15) is 41.7 Å². The molecule has 0 aliphatic heterocycles. The van der Waals surface area contributed by atoms with Crippen LogP contribution in [0.4, 0.5) is 13.2 Å². The number of hydrogen-bond acceptors (Lipinski definition) is 2. The lowest BCUT2D eigenvalue weighted by atomic mass is 10.0. The van der Waals surface area contributed by atoms with E-state index in [9.17, 15) is 13.2 Å². The maximum absolute atomic E-state index is 12.6. The van der Waals surface area contributed by atoms with E-state index in [1.807, 2.05) is 12.1 Å². The van der Waals surface area contributed by atoms with E-state index in [0.29, 0.717) is 6.54 Å². The number of unbranched alkanes of at least 4 members (excludes halogenated alkanes) is 1. The Balaban J connectivity index is 1.53. The molecule has 0 aliphatic carbocycles. The zero-order valence-corrected chi connectivity index (χ0v) is 15.2. The number of alkyl halides is 3. The lowest BCUT2D eigenvalue weighted by Crippen LogP contribution is -2.04. The first-order valence-corrected chi connectivity index (χ1v) is 9.34. The SMILES string of the molecule is NCCCc1cccc2oc(CCCCc3ccc(C(F)(F)F)cc3)cc12. The van der Waals surface area contributed by atoms with Crippen LogP contribution < -0.4 is 5.73 Å². The van der Waals surface area contributed by atoms with Gasteiger partial charge in [-0.1, -0.05) is 24.3 Å². The van der Waals surface area contributed by atoms with Gasteiger partial charge >= 0.3 is 6.18 Å². The van der Waals surface area contributed by atoms with Gasteiger partial charge in [0.2, 0.25) is 0 Å². The lowest BCUT2D eigenvalue weighted by molar-refractivity contribution is -0.137. The molecule has 0 fully saturated rings. The molecule has 0 saturated carbocycles. The van der Waals surface area contributed by atoms with Crippen molar-refractivity contribution in [3.05, 3.63) is 71.0 Å². The summed E-state index contributed by atoms with van der Waals surface area (Å²) in [6, 6.07) is 13.6. The zero-order chi connectivity index (χ0) is 19.3. The molecule has 1 aromatic heterocycles. The minimum absolute atomic E-state index is 0.598. The van der Waals surface area contributed by atoms with E-state index < -0.39 is 11.7 Å². The number of hydrogen-bond donors (Lipinski definition) is 1. The van der Waals surface area contributed by atoms with Crippen LogP contribution in [-0.2, 0) is 25.4 Å². The number of halogens is 3. The summed E-state index contributed by atoms with van der Waals surface area (Å²) in [4.78, 5) is 0. The van der Waals surface area contributed by atoms with Gasteiger partial charge < -0.3 is 10.2 Å². The Morgan fingerprint density at radius 1 is 0.852 bits per heavy atom. The van der Waals surface area contributed by atoms with Gasteiger partial charge in [-0.3, -0.25) is 0 Å². The summed E-state index contributed by atoms with van der Waals surface area (Å²) >= 11 is 0. The molecule has 0 atom stereocenters. The Hall–Kier alpha value is -2.27. The van der Waals surface area contributed by atoms with Gasteiger partial charge in [0.05, 0.1) is 5.56 Å². The fraction of sp³-hybridized carbons (Fsp3) is 0.364. The Morgan fingerprint density at radius 2 is 1.59 bits per heavy atom. The summed E-state index contributed by atoms with van der Waals surface area (Å²) in [6.45, 7) is 0.672. The molecule has 0 spiro atoms. The molecule has 0 aliphatic rings. The second-order valence-corrected chi connectivity index (χ2v) is 6.84. The minimum atomic E-state index is -4.27. The number of fused-ring (bicyclic) bond motifs is 1. The van der Waals surface area contributed by atoms with Gasteiger partial charge in [0.25, 0.3) is 0 Å². The summed E-state index contributed by atoms with van der Waals surface area (Å²) in [5.74, 6) is 0.956. The molecule has 27 heavy (non-hydrogen) atoms. The lowest BCUT2D eigenvalue weighted by Gasteiger charge is -2.07. The molecule has 3 rings (SSSR count). The van der Waals surface area contributed by atoms with Crippen LogP contribution in [-0.4, -0.2) is 6.54 Å². The molecular weight excluding hydrogens is 351 g/mol. The first kappa shape index (κ1) is 19.5.